The molecule has 0 fully saturated rings. The van der Waals surface area contributed by atoms with E-state index in [0.717, 1.165) is 38.6 Å². The van der Waals surface area contributed by atoms with Gasteiger partial charge in [-0.15, -0.1) is 11.3 Å². The van der Waals surface area contributed by atoms with Crippen molar-refractivity contribution in [2.45, 2.75) is 32.0 Å². The topological polar surface area (TPSA) is 39.7 Å². The molecule has 0 spiro atoms. The number of fused-ring (bicyclic) bond motifs is 1. The standard InChI is InChI=1S/C19H24N4S/c1-14-11-20-19(22-14)21-12-17(15-5-3-2-4-6-15)23-9-7-18-16(13-23)8-10-24-18/h2-6,8,10,14,17H,7,9,11-13H2,1H3,(H2,20,21,22). The number of nitrogens with one attached hydrogen (secondary N) is 2. The normalized spacial score (nSPS) is 21.7. The van der Waals surface area contributed by atoms with E-state index in [9.17, 15) is 0 Å². The number of hydrogen-bond acceptors (Lipinski definition) is 5. The first-order chi connectivity index (χ1) is 11.8. The summed E-state index contributed by atoms with van der Waals surface area (Å²) in [5, 5.41) is 9.15. The van der Waals surface area contributed by atoms with Crippen LogP contribution in [0.15, 0.2) is 46.8 Å². The van der Waals surface area contributed by atoms with Crippen LogP contribution in [0, 0.1) is 0 Å². The van der Waals surface area contributed by atoms with Crippen LogP contribution < -0.4 is 10.6 Å². The van der Waals surface area contributed by atoms with Gasteiger partial charge in [-0.25, -0.2) is 0 Å². The lowest BCUT2D eigenvalue weighted by molar-refractivity contribution is 0.181. The third-order valence-electron chi connectivity index (χ3n) is 4.83. The van der Waals surface area contributed by atoms with Crippen LogP contribution in [0.25, 0.3) is 0 Å². The van der Waals surface area contributed by atoms with Crippen LogP contribution in [0.2, 0.25) is 0 Å². The van der Waals surface area contributed by atoms with Crippen LogP contribution in [-0.2, 0) is 13.0 Å². The molecule has 2 N–H and O–H groups in total. The first kappa shape index (κ1) is 15.7. The fraction of sp³-hybridized carbons (Fsp3) is 0.421. The molecule has 24 heavy (non-hydrogen) atoms. The molecular weight excluding hydrogens is 316 g/mol. The van der Waals surface area contributed by atoms with Gasteiger partial charge in [-0.3, -0.25) is 9.89 Å². The molecule has 1 aromatic heterocycles. The zero-order valence-electron chi connectivity index (χ0n) is 14.0. The Hall–Kier alpha value is -1.85. The van der Waals surface area contributed by atoms with Gasteiger partial charge < -0.3 is 10.6 Å². The second-order valence-electron chi connectivity index (χ2n) is 6.63. The van der Waals surface area contributed by atoms with Crippen molar-refractivity contribution in [3.8, 4) is 0 Å². The SMILES string of the molecule is CC1CN=C(NCC(c2ccccc2)N2CCc3sccc3C2)N1. The van der Waals surface area contributed by atoms with Gasteiger partial charge in [0.05, 0.1) is 12.6 Å². The second kappa shape index (κ2) is 6.95. The van der Waals surface area contributed by atoms with Crippen molar-refractivity contribution in [2.75, 3.05) is 19.6 Å². The fourth-order valence-electron chi connectivity index (χ4n) is 3.52. The lowest BCUT2D eigenvalue weighted by Gasteiger charge is -2.35. The first-order valence-electron chi connectivity index (χ1n) is 8.68. The summed E-state index contributed by atoms with van der Waals surface area (Å²) in [6, 6.07) is 13.9. The second-order valence-corrected chi connectivity index (χ2v) is 7.63. The van der Waals surface area contributed by atoms with Gasteiger partial charge in [0.1, 0.15) is 0 Å². The lowest BCUT2D eigenvalue weighted by Crippen LogP contribution is -2.44. The van der Waals surface area contributed by atoms with Crippen molar-refractivity contribution >= 4 is 17.3 Å². The van der Waals surface area contributed by atoms with Gasteiger partial charge in [0.2, 0.25) is 0 Å². The highest BCUT2D eigenvalue weighted by atomic mass is 32.1. The van der Waals surface area contributed by atoms with Crippen molar-refractivity contribution in [3.05, 3.63) is 57.8 Å². The van der Waals surface area contributed by atoms with Crippen LogP contribution in [0.4, 0.5) is 0 Å². The Labute approximate surface area is 147 Å². The van der Waals surface area contributed by atoms with Gasteiger partial charge in [0, 0.05) is 30.6 Å². The third-order valence-corrected chi connectivity index (χ3v) is 5.85. The van der Waals surface area contributed by atoms with E-state index in [1.54, 1.807) is 4.88 Å². The molecular formula is C19H24N4S. The van der Waals surface area contributed by atoms with E-state index >= 15 is 0 Å². The summed E-state index contributed by atoms with van der Waals surface area (Å²) in [4.78, 5) is 8.68. The molecule has 126 valence electrons. The summed E-state index contributed by atoms with van der Waals surface area (Å²) in [6.07, 6.45) is 1.16. The molecule has 0 amide bonds. The number of aliphatic imine (C=N–C) groups is 1. The molecule has 0 saturated carbocycles. The van der Waals surface area contributed by atoms with E-state index in [-0.39, 0.29) is 0 Å². The highest BCUT2D eigenvalue weighted by molar-refractivity contribution is 7.10. The summed E-state index contributed by atoms with van der Waals surface area (Å²) in [7, 11) is 0. The predicted molar refractivity (Wildman–Crippen MR) is 101 cm³/mol. The zero-order chi connectivity index (χ0) is 16.4. The molecule has 0 saturated heterocycles. The molecule has 0 aliphatic carbocycles. The molecule has 2 aromatic rings. The van der Waals surface area contributed by atoms with Crippen molar-refractivity contribution in [1.29, 1.82) is 0 Å². The summed E-state index contributed by atoms with van der Waals surface area (Å²) in [5.41, 5.74) is 2.87. The summed E-state index contributed by atoms with van der Waals surface area (Å²) < 4.78 is 0. The molecule has 1 aromatic carbocycles. The van der Waals surface area contributed by atoms with E-state index in [1.807, 2.05) is 11.3 Å². The molecule has 0 bridgehead atoms. The van der Waals surface area contributed by atoms with Crippen LogP contribution in [0.5, 0.6) is 0 Å². The minimum absolute atomic E-state index is 0.361. The number of benzene rings is 1. The first-order valence-corrected chi connectivity index (χ1v) is 9.56. The Bertz CT molecular complexity index is 709. The highest BCUT2D eigenvalue weighted by Gasteiger charge is 2.26. The summed E-state index contributed by atoms with van der Waals surface area (Å²) in [5.74, 6) is 0.941. The van der Waals surface area contributed by atoms with Crippen molar-refractivity contribution < 1.29 is 0 Å². The number of nitrogens with zero attached hydrogens (tertiary/aromatic N) is 2. The van der Waals surface area contributed by atoms with Gasteiger partial charge in [-0.2, -0.15) is 0 Å². The molecule has 4 nitrogen and oxygen atoms in total. The summed E-state index contributed by atoms with van der Waals surface area (Å²) >= 11 is 1.90. The average molecular weight is 340 g/mol. The zero-order valence-corrected chi connectivity index (χ0v) is 14.9. The smallest absolute Gasteiger partial charge is 0.191 e. The Kier molecular flexibility index (Phi) is 4.54. The largest absolute Gasteiger partial charge is 0.354 e. The van der Waals surface area contributed by atoms with E-state index < -0.39 is 0 Å². The lowest BCUT2D eigenvalue weighted by atomic mass is 10.0. The fourth-order valence-corrected chi connectivity index (χ4v) is 4.41. The van der Waals surface area contributed by atoms with E-state index in [0.29, 0.717) is 12.1 Å². The van der Waals surface area contributed by atoms with Crippen LogP contribution >= 0.6 is 11.3 Å². The molecule has 2 atom stereocenters. The predicted octanol–water partition coefficient (Wildman–Crippen LogP) is 2.78. The molecule has 3 heterocycles. The molecule has 2 unspecified atom stereocenters. The molecule has 2 aliphatic rings. The van der Waals surface area contributed by atoms with Crippen LogP contribution in [0.3, 0.4) is 0 Å². The van der Waals surface area contributed by atoms with E-state index in [2.05, 4.69) is 69.2 Å². The van der Waals surface area contributed by atoms with Gasteiger partial charge in [-0.05, 0) is 35.9 Å². The monoisotopic (exact) mass is 340 g/mol. The number of hydrogen-bond donors (Lipinski definition) is 2. The molecule has 4 rings (SSSR count). The number of thiophene rings is 1. The van der Waals surface area contributed by atoms with Crippen LogP contribution in [-0.4, -0.2) is 36.5 Å². The van der Waals surface area contributed by atoms with Crippen molar-refractivity contribution in [1.82, 2.24) is 15.5 Å². The number of rotatable bonds is 4. The maximum Gasteiger partial charge on any atom is 0.191 e. The minimum atomic E-state index is 0.361. The maximum absolute atomic E-state index is 4.53. The Morgan fingerprint density at radius 2 is 2.21 bits per heavy atom. The van der Waals surface area contributed by atoms with Gasteiger partial charge in [0.15, 0.2) is 5.96 Å². The van der Waals surface area contributed by atoms with Gasteiger partial charge in [-0.1, -0.05) is 30.3 Å². The number of guanidine groups is 1. The Balaban J connectivity index is 1.50. The molecule has 2 aliphatic heterocycles. The van der Waals surface area contributed by atoms with Crippen molar-refractivity contribution in [3.63, 3.8) is 0 Å². The highest BCUT2D eigenvalue weighted by Crippen LogP contribution is 2.30. The average Bonchev–Trinajstić information content (AvgIpc) is 3.24. The van der Waals surface area contributed by atoms with Gasteiger partial charge >= 0.3 is 0 Å². The van der Waals surface area contributed by atoms with E-state index in [1.165, 1.54) is 11.1 Å². The van der Waals surface area contributed by atoms with Crippen LogP contribution in [0.1, 0.15) is 29.0 Å². The maximum atomic E-state index is 4.53. The third kappa shape index (κ3) is 3.32. The molecule has 0 radical (unpaired) electrons. The van der Waals surface area contributed by atoms with Crippen molar-refractivity contribution in [2.24, 2.45) is 4.99 Å². The Morgan fingerprint density at radius 1 is 1.33 bits per heavy atom. The molecule has 5 heteroatoms. The Morgan fingerprint density at radius 3 is 3.00 bits per heavy atom. The minimum Gasteiger partial charge on any atom is -0.354 e. The summed E-state index contributed by atoms with van der Waals surface area (Å²) in [6.45, 7) is 6.05. The van der Waals surface area contributed by atoms with Gasteiger partial charge in [0.25, 0.3) is 0 Å². The van der Waals surface area contributed by atoms with E-state index in [4.69, 9.17) is 0 Å². The quantitative estimate of drug-likeness (QED) is 0.899.